The second-order valence-electron chi connectivity index (χ2n) is 5.71. The number of sulfonamides is 1. The quantitative estimate of drug-likeness (QED) is 0.798. The molecule has 0 aromatic heterocycles. The summed E-state index contributed by atoms with van der Waals surface area (Å²) in [6.45, 7) is 8.74. The predicted octanol–water partition coefficient (Wildman–Crippen LogP) is 3.56. The first-order valence-electron chi connectivity index (χ1n) is 7.66. The highest BCUT2D eigenvalue weighted by atomic mass is 32.2. The van der Waals surface area contributed by atoms with Crippen molar-refractivity contribution in [2.75, 3.05) is 18.9 Å². The molecule has 0 fully saturated rings. The summed E-state index contributed by atoms with van der Waals surface area (Å²) in [4.78, 5) is 0.369. The van der Waals surface area contributed by atoms with Crippen molar-refractivity contribution in [2.45, 2.75) is 51.5 Å². The van der Waals surface area contributed by atoms with E-state index >= 15 is 0 Å². The van der Waals surface area contributed by atoms with Crippen LogP contribution in [0.4, 0.5) is 5.69 Å². The molecule has 0 unspecified atom stereocenters. The van der Waals surface area contributed by atoms with Crippen LogP contribution in [0.25, 0.3) is 0 Å². The van der Waals surface area contributed by atoms with Gasteiger partial charge in [0.15, 0.2) is 0 Å². The van der Waals surface area contributed by atoms with Crippen molar-refractivity contribution in [3.05, 3.63) is 24.3 Å². The topological polar surface area (TPSA) is 49.4 Å². The van der Waals surface area contributed by atoms with Crippen molar-refractivity contribution in [3.8, 4) is 0 Å². The molecule has 0 saturated heterocycles. The van der Waals surface area contributed by atoms with Crippen LogP contribution in [0.3, 0.4) is 0 Å². The van der Waals surface area contributed by atoms with E-state index in [0.717, 1.165) is 18.5 Å². The fourth-order valence-electron chi connectivity index (χ4n) is 2.43. The number of anilines is 1. The molecule has 0 spiro atoms. The maximum Gasteiger partial charge on any atom is 0.243 e. The SMILES string of the molecule is CCC(CC)N(CC(C)C)S(=O)(=O)c1ccc(NC)cc1. The van der Waals surface area contributed by atoms with Gasteiger partial charge in [-0.05, 0) is 43.0 Å². The first-order valence-corrected chi connectivity index (χ1v) is 9.10. The van der Waals surface area contributed by atoms with Gasteiger partial charge >= 0.3 is 0 Å². The second kappa shape index (κ2) is 7.80. The van der Waals surface area contributed by atoms with E-state index in [9.17, 15) is 8.42 Å². The Bertz CT molecular complexity index is 520. The molecule has 0 atom stereocenters. The van der Waals surface area contributed by atoms with Crippen LogP contribution in [0.15, 0.2) is 29.2 Å². The molecular weight excluding hydrogens is 284 g/mol. The normalized spacial score (nSPS) is 12.4. The summed E-state index contributed by atoms with van der Waals surface area (Å²) in [5, 5.41) is 3.00. The number of hydrogen-bond donors (Lipinski definition) is 1. The second-order valence-corrected chi connectivity index (χ2v) is 7.60. The maximum absolute atomic E-state index is 12.9. The Balaban J connectivity index is 3.18. The smallest absolute Gasteiger partial charge is 0.243 e. The van der Waals surface area contributed by atoms with Gasteiger partial charge in [0.1, 0.15) is 0 Å². The molecule has 120 valence electrons. The lowest BCUT2D eigenvalue weighted by molar-refractivity contribution is 0.277. The van der Waals surface area contributed by atoms with Crippen LogP contribution in [0.2, 0.25) is 0 Å². The van der Waals surface area contributed by atoms with Gasteiger partial charge in [-0.25, -0.2) is 8.42 Å². The van der Waals surface area contributed by atoms with E-state index in [1.54, 1.807) is 28.6 Å². The number of nitrogens with zero attached hydrogens (tertiary/aromatic N) is 1. The first-order chi connectivity index (χ1) is 9.86. The Morgan fingerprint density at radius 2 is 1.62 bits per heavy atom. The minimum Gasteiger partial charge on any atom is -0.388 e. The third kappa shape index (κ3) is 4.45. The predicted molar refractivity (Wildman–Crippen MR) is 89.1 cm³/mol. The molecule has 1 aromatic carbocycles. The van der Waals surface area contributed by atoms with Gasteiger partial charge in [0.25, 0.3) is 0 Å². The highest BCUT2D eigenvalue weighted by Gasteiger charge is 2.30. The van der Waals surface area contributed by atoms with Gasteiger partial charge in [-0.15, -0.1) is 0 Å². The highest BCUT2D eigenvalue weighted by Crippen LogP contribution is 2.24. The molecule has 0 aliphatic heterocycles. The maximum atomic E-state index is 12.9. The Kier molecular flexibility index (Phi) is 6.68. The number of rotatable bonds is 8. The van der Waals surface area contributed by atoms with E-state index in [1.165, 1.54) is 0 Å². The summed E-state index contributed by atoms with van der Waals surface area (Å²) in [6.07, 6.45) is 1.66. The van der Waals surface area contributed by atoms with Gasteiger partial charge in [-0.3, -0.25) is 0 Å². The van der Waals surface area contributed by atoms with Gasteiger partial charge in [-0.2, -0.15) is 4.31 Å². The number of benzene rings is 1. The molecule has 21 heavy (non-hydrogen) atoms. The average Bonchev–Trinajstić information content (AvgIpc) is 2.47. The molecule has 1 aromatic rings. The van der Waals surface area contributed by atoms with Crippen molar-refractivity contribution >= 4 is 15.7 Å². The molecule has 5 heteroatoms. The van der Waals surface area contributed by atoms with Crippen molar-refractivity contribution < 1.29 is 8.42 Å². The van der Waals surface area contributed by atoms with Crippen LogP contribution in [-0.4, -0.2) is 32.4 Å². The Hall–Kier alpha value is -1.07. The van der Waals surface area contributed by atoms with Gasteiger partial charge in [0, 0.05) is 25.3 Å². The first kappa shape index (κ1) is 18.0. The summed E-state index contributed by atoms with van der Waals surface area (Å²) in [7, 11) is -1.62. The molecule has 4 nitrogen and oxygen atoms in total. The lowest BCUT2D eigenvalue weighted by Gasteiger charge is -2.31. The standard InChI is InChI=1S/C16H28N2O2S/c1-6-15(7-2)18(12-13(3)4)21(19,20)16-10-8-14(17-5)9-11-16/h8-11,13,15,17H,6-7,12H2,1-5H3. The van der Waals surface area contributed by atoms with Gasteiger partial charge in [0.2, 0.25) is 10.0 Å². The zero-order valence-corrected chi connectivity index (χ0v) is 14.6. The number of nitrogens with one attached hydrogen (secondary N) is 1. The van der Waals surface area contributed by atoms with Crippen molar-refractivity contribution in [1.82, 2.24) is 4.31 Å². The molecular formula is C16H28N2O2S. The van der Waals surface area contributed by atoms with Crippen LogP contribution in [0.5, 0.6) is 0 Å². The van der Waals surface area contributed by atoms with Crippen molar-refractivity contribution in [1.29, 1.82) is 0 Å². The van der Waals surface area contributed by atoms with E-state index in [4.69, 9.17) is 0 Å². The molecule has 1 N–H and O–H groups in total. The lowest BCUT2D eigenvalue weighted by Crippen LogP contribution is -2.41. The summed E-state index contributed by atoms with van der Waals surface area (Å²) in [5.41, 5.74) is 0.909. The number of hydrogen-bond acceptors (Lipinski definition) is 3. The highest BCUT2D eigenvalue weighted by molar-refractivity contribution is 7.89. The van der Waals surface area contributed by atoms with E-state index in [2.05, 4.69) is 19.2 Å². The Labute approximate surface area is 129 Å². The van der Waals surface area contributed by atoms with E-state index in [-0.39, 0.29) is 6.04 Å². The average molecular weight is 312 g/mol. The van der Waals surface area contributed by atoms with Crippen molar-refractivity contribution in [3.63, 3.8) is 0 Å². The molecule has 0 amide bonds. The van der Waals surface area contributed by atoms with Crippen LogP contribution in [-0.2, 0) is 10.0 Å². The largest absolute Gasteiger partial charge is 0.388 e. The summed E-state index contributed by atoms with van der Waals surface area (Å²) < 4.78 is 27.5. The van der Waals surface area contributed by atoms with Gasteiger partial charge < -0.3 is 5.32 Å². The summed E-state index contributed by atoms with van der Waals surface area (Å²) >= 11 is 0. The molecule has 0 bridgehead atoms. The minimum absolute atomic E-state index is 0.0568. The lowest BCUT2D eigenvalue weighted by atomic mass is 10.1. The van der Waals surface area contributed by atoms with Gasteiger partial charge in [-0.1, -0.05) is 27.7 Å². The van der Waals surface area contributed by atoms with E-state index in [0.29, 0.717) is 17.4 Å². The summed E-state index contributed by atoms with van der Waals surface area (Å²) in [6, 6.07) is 7.01. The Morgan fingerprint density at radius 1 is 1.10 bits per heavy atom. The van der Waals surface area contributed by atoms with E-state index < -0.39 is 10.0 Å². The third-order valence-electron chi connectivity index (χ3n) is 3.64. The van der Waals surface area contributed by atoms with E-state index in [1.807, 2.05) is 20.9 Å². The fourth-order valence-corrected chi connectivity index (χ4v) is 4.36. The van der Waals surface area contributed by atoms with Crippen LogP contribution >= 0.6 is 0 Å². The Morgan fingerprint density at radius 3 is 2.00 bits per heavy atom. The summed E-state index contributed by atoms with van der Waals surface area (Å²) in [5.74, 6) is 0.303. The fraction of sp³-hybridized carbons (Fsp3) is 0.625. The molecule has 0 saturated carbocycles. The molecule has 0 radical (unpaired) electrons. The van der Waals surface area contributed by atoms with Crippen LogP contribution in [0, 0.1) is 5.92 Å². The molecule has 0 aliphatic carbocycles. The van der Waals surface area contributed by atoms with Crippen LogP contribution in [0.1, 0.15) is 40.5 Å². The van der Waals surface area contributed by atoms with Gasteiger partial charge in [0.05, 0.1) is 4.90 Å². The molecule has 0 aliphatic rings. The van der Waals surface area contributed by atoms with Crippen molar-refractivity contribution in [2.24, 2.45) is 5.92 Å². The monoisotopic (exact) mass is 312 g/mol. The zero-order chi connectivity index (χ0) is 16.0. The molecule has 0 heterocycles. The third-order valence-corrected chi connectivity index (χ3v) is 5.58. The zero-order valence-electron chi connectivity index (χ0n) is 13.8. The minimum atomic E-state index is -3.44. The molecule has 1 rings (SSSR count). The van der Waals surface area contributed by atoms with Crippen LogP contribution < -0.4 is 5.32 Å².